The van der Waals surface area contributed by atoms with E-state index in [0.29, 0.717) is 6.42 Å². The number of hydrogen-bond donors (Lipinski definition) is 0. The van der Waals surface area contributed by atoms with E-state index in [1.165, 1.54) is 42.6 Å². The first-order valence-electron chi connectivity index (χ1n) is 6.78. The van der Waals surface area contributed by atoms with E-state index >= 15 is 0 Å². The summed E-state index contributed by atoms with van der Waals surface area (Å²) in [5.74, 6) is 0.286. The molecule has 3 heteroatoms. The van der Waals surface area contributed by atoms with E-state index in [1.807, 2.05) is 24.2 Å². The summed E-state index contributed by atoms with van der Waals surface area (Å²) in [5.41, 5.74) is 1.19. The molecular weight excluding hydrogens is 240 g/mol. The number of rotatable bonds is 4. The summed E-state index contributed by atoms with van der Waals surface area (Å²) in [6.45, 7) is 2.09. The van der Waals surface area contributed by atoms with E-state index in [4.69, 9.17) is 5.26 Å². The molecule has 0 bridgehead atoms. The van der Waals surface area contributed by atoms with E-state index in [9.17, 15) is 0 Å². The first-order chi connectivity index (χ1) is 8.79. The Bertz CT molecular complexity index is 419. The SMILES string of the molecule is C[C@@H](CC#N)c1cncc(SC2CCCCC2)c1. The zero-order valence-corrected chi connectivity index (χ0v) is 11.7. The van der Waals surface area contributed by atoms with Crippen LogP contribution < -0.4 is 0 Å². The maximum atomic E-state index is 8.75. The Morgan fingerprint density at radius 1 is 1.39 bits per heavy atom. The fraction of sp³-hybridized carbons (Fsp3) is 0.600. The number of nitrogens with zero attached hydrogens (tertiary/aromatic N) is 2. The van der Waals surface area contributed by atoms with Crippen LogP contribution in [0.1, 0.15) is 56.9 Å². The lowest BCUT2D eigenvalue weighted by Crippen LogP contribution is -2.07. The van der Waals surface area contributed by atoms with Crippen molar-refractivity contribution in [3.05, 3.63) is 24.0 Å². The summed E-state index contributed by atoms with van der Waals surface area (Å²) in [6, 6.07) is 4.45. The standard InChI is InChI=1S/C15H20N2S/c1-12(7-8-16)13-9-15(11-17-10-13)18-14-5-3-2-4-6-14/h9-12,14H,2-7H2,1H3/t12-/m0/s1. The lowest BCUT2D eigenvalue weighted by atomic mass is 10.0. The third kappa shape index (κ3) is 3.74. The number of pyridine rings is 1. The quantitative estimate of drug-likeness (QED) is 0.798. The van der Waals surface area contributed by atoms with Crippen LogP contribution in [0, 0.1) is 11.3 Å². The number of thioether (sulfide) groups is 1. The topological polar surface area (TPSA) is 36.7 Å². The summed E-state index contributed by atoms with van der Waals surface area (Å²) in [5, 5.41) is 9.52. The number of aromatic nitrogens is 1. The Hall–Kier alpha value is -1.01. The van der Waals surface area contributed by atoms with Gasteiger partial charge in [-0.25, -0.2) is 0 Å². The van der Waals surface area contributed by atoms with Gasteiger partial charge >= 0.3 is 0 Å². The third-order valence-corrected chi connectivity index (χ3v) is 4.86. The molecule has 0 radical (unpaired) electrons. The molecule has 1 aliphatic carbocycles. The van der Waals surface area contributed by atoms with Gasteiger partial charge in [0.15, 0.2) is 0 Å². The monoisotopic (exact) mass is 260 g/mol. The van der Waals surface area contributed by atoms with Crippen molar-refractivity contribution in [3.8, 4) is 6.07 Å². The van der Waals surface area contributed by atoms with Crippen LogP contribution in [0.3, 0.4) is 0 Å². The molecule has 18 heavy (non-hydrogen) atoms. The minimum absolute atomic E-state index is 0.286. The zero-order chi connectivity index (χ0) is 12.8. The maximum absolute atomic E-state index is 8.75. The van der Waals surface area contributed by atoms with Crippen LogP contribution in [0.5, 0.6) is 0 Å². The molecule has 0 N–H and O–H groups in total. The fourth-order valence-corrected chi connectivity index (χ4v) is 3.68. The summed E-state index contributed by atoms with van der Waals surface area (Å²) >= 11 is 1.97. The smallest absolute Gasteiger partial charge is 0.0628 e. The Morgan fingerprint density at radius 2 is 2.17 bits per heavy atom. The van der Waals surface area contributed by atoms with Gasteiger partial charge in [-0.2, -0.15) is 5.26 Å². The van der Waals surface area contributed by atoms with E-state index in [0.717, 1.165) is 5.25 Å². The normalized spacial score (nSPS) is 18.2. The van der Waals surface area contributed by atoms with Crippen molar-refractivity contribution in [3.63, 3.8) is 0 Å². The number of hydrogen-bond acceptors (Lipinski definition) is 3. The second-order valence-electron chi connectivity index (χ2n) is 5.10. The van der Waals surface area contributed by atoms with Crippen molar-refractivity contribution in [2.75, 3.05) is 0 Å². The van der Waals surface area contributed by atoms with Gasteiger partial charge in [-0.1, -0.05) is 26.2 Å². The van der Waals surface area contributed by atoms with Crippen molar-refractivity contribution in [1.82, 2.24) is 4.98 Å². The zero-order valence-electron chi connectivity index (χ0n) is 10.9. The molecule has 2 rings (SSSR count). The molecule has 1 heterocycles. The molecule has 0 aliphatic heterocycles. The highest BCUT2D eigenvalue weighted by Gasteiger charge is 2.15. The molecule has 1 atom stereocenters. The predicted octanol–water partition coefficient (Wildman–Crippen LogP) is 4.52. The molecule has 2 nitrogen and oxygen atoms in total. The Kier molecular flexibility index (Phi) is 5.07. The molecule has 0 spiro atoms. The molecule has 1 aromatic heterocycles. The molecule has 1 aliphatic rings. The molecule has 0 unspecified atom stereocenters. The third-order valence-electron chi connectivity index (χ3n) is 3.56. The first-order valence-corrected chi connectivity index (χ1v) is 7.66. The molecular formula is C15H20N2S. The summed E-state index contributed by atoms with van der Waals surface area (Å²) in [6.07, 6.45) is 11.2. The Morgan fingerprint density at radius 3 is 2.89 bits per heavy atom. The molecule has 1 saturated carbocycles. The first kappa shape index (κ1) is 13.4. The highest BCUT2D eigenvalue weighted by Crippen LogP contribution is 2.34. The van der Waals surface area contributed by atoms with E-state index in [2.05, 4.69) is 24.0 Å². The molecule has 0 aromatic carbocycles. The van der Waals surface area contributed by atoms with Crippen LogP contribution in [0.25, 0.3) is 0 Å². The van der Waals surface area contributed by atoms with Crippen LogP contribution in [-0.4, -0.2) is 10.2 Å². The minimum Gasteiger partial charge on any atom is -0.263 e. The molecule has 0 saturated heterocycles. The van der Waals surface area contributed by atoms with Crippen LogP contribution >= 0.6 is 11.8 Å². The fourth-order valence-electron chi connectivity index (χ4n) is 2.40. The van der Waals surface area contributed by atoms with Gasteiger partial charge in [-0.15, -0.1) is 11.8 Å². The summed E-state index contributed by atoms with van der Waals surface area (Å²) in [7, 11) is 0. The van der Waals surface area contributed by atoms with E-state index in [1.54, 1.807) is 0 Å². The largest absolute Gasteiger partial charge is 0.263 e. The van der Waals surface area contributed by atoms with Gasteiger partial charge in [-0.05, 0) is 30.4 Å². The average molecular weight is 260 g/mol. The highest BCUT2D eigenvalue weighted by atomic mass is 32.2. The van der Waals surface area contributed by atoms with Crippen LogP contribution in [0.15, 0.2) is 23.4 Å². The van der Waals surface area contributed by atoms with Crippen molar-refractivity contribution >= 4 is 11.8 Å². The Balaban J connectivity index is 2.00. The highest BCUT2D eigenvalue weighted by molar-refractivity contribution is 8.00. The van der Waals surface area contributed by atoms with Crippen LogP contribution in [0.2, 0.25) is 0 Å². The van der Waals surface area contributed by atoms with Gasteiger partial charge in [0.1, 0.15) is 0 Å². The van der Waals surface area contributed by atoms with E-state index in [-0.39, 0.29) is 5.92 Å². The second kappa shape index (κ2) is 6.80. The van der Waals surface area contributed by atoms with Gasteiger partial charge in [-0.3, -0.25) is 4.98 Å². The van der Waals surface area contributed by atoms with Gasteiger partial charge < -0.3 is 0 Å². The second-order valence-corrected chi connectivity index (χ2v) is 6.47. The van der Waals surface area contributed by atoms with E-state index < -0.39 is 0 Å². The Labute approximate surface area is 114 Å². The molecule has 0 amide bonds. The predicted molar refractivity (Wildman–Crippen MR) is 75.6 cm³/mol. The minimum atomic E-state index is 0.286. The van der Waals surface area contributed by atoms with Gasteiger partial charge in [0, 0.05) is 29.0 Å². The van der Waals surface area contributed by atoms with Crippen molar-refractivity contribution in [2.45, 2.75) is 61.5 Å². The lowest BCUT2D eigenvalue weighted by molar-refractivity contribution is 0.516. The average Bonchev–Trinajstić information content (AvgIpc) is 2.40. The lowest BCUT2D eigenvalue weighted by Gasteiger charge is -2.21. The van der Waals surface area contributed by atoms with Crippen LogP contribution in [0.4, 0.5) is 0 Å². The van der Waals surface area contributed by atoms with Crippen LogP contribution in [-0.2, 0) is 0 Å². The molecule has 96 valence electrons. The maximum Gasteiger partial charge on any atom is 0.0628 e. The van der Waals surface area contributed by atoms with Crippen molar-refractivity contribution in [1.29, 1.82) is 5.26 Å². The van der Waals surface area contributed by atoms with Gasteiger partial charge in [0.25, 0.3) is 0 Å². The molecule has 1 aromatic rings. The van der Waals surface area contributed by atoms with Gasteiger partial charge in [0.2, 0.25) is 0 Å². The summed E-state index contributed by atoms with van der Waals surface area (Å²) < 4.78 is 0. The van der Waals surface area contributed by atoms with Crippen molar-refractivity contribution < 1.29 is 0 Å². The summed E-state index contributed by atoms with van der Waals surface area (Å²) in [4.78, 5) is 5.59. The van der Waals surface area contributed by atoms with Crippen molar-refractivity contribution in [2.24, 2.45) is 0 Å². The van der Waals surface area contributed by atoms with Gasteiger partial charge in [0.05, 0.1) is 6.07 Å². The number of nitriles is 1. The molecule has 1 fully saturated rings.